The van der Waals surface area contributed by atoms with Gasteiger partial charge in [0.2, 0.25) is 0 Å². The van der Waals surface area contributed by atoms with Crippen LogP contribution in [0.2, 0.25) is 0 Å². The molecule has 5 heteroatoms. The van der Waals surface area contributed by atoms with E-state index in [0.29, 0.717) is 6.16 Å². The summed E-state index contributed by atoms with van der Waals surface area (Å²) in [6.45, 7) is -3.33. The third-order valence-corrected chi connectivity index (χ3v) is 11.6. The zero-order chi connectivity index (χ0) is 21.2. The van der Waals surface area contributed by atoms with E-state index in [1.807, 2.05) is 30.3 Å². The van der Waals surface area contributed by atoms with E-state index in [0.717, 1.165) is 17.0 Å². The molecule has 0 fully saturated rings. The number of halogens is 1. The average Bonchev–Trinajstić information content (AvgIpc) is 3.30. The molecule has 0 spiro atoms. The third-order valence-electron chi connectivity index (χ3n) is 6.11. The van der Waals surface area contributed by atoms with Crippen LogP contribution >= 0.6 is 23.8 Å². The minimum absolute atomic E-state index is 0. The monoisotopic (exact) mass is 505 g/mol. The van der Waals surface area contributed by atoms with Crippen molar-refractivity contribution in [1.82, 2.24) is 0 Å². The Bertz CT molecular complexity index is 1110. The predicted octanol–water partition coefficient (Wildman–Crippen LogP) is 5.45. The number of ether oxygens (including phenoxy) is 1. The van der Waals surface area contributed by atoms with Crippen LogP contribution in [-0.4, -0.2) is 19.0 Å². The molecule has 1 aliphatic heterocycles. The van der Waals surface area contributed by atoms with Gasteiger partial charge < -0.3 is 0 Å². The molecule has 0 saturated carbocycles. The Hall–Kier alpha value is -2.94. The van der Waals surface area contributed by atoms with Gasteiger partial charge in [0, 0.05) is 0 Å². The van der Waals surface area contributed by atoms with E-state index in [-0.39, 0.29) is 17.0 Å². The van der Waals surface area contributed by atoms with E-state index >= 15 is 0 Å². The van der Waals surface area contributed by atoms with E-state index in [2.05, 4.69) is 84.9 Å². The van der Waals surface area contributed by atoms with Crippen LogP contribution in [-0.2, 0) is 4.62 Å². The topological polar surface area (TPSA) is 30.8 Å². The SMILES string of the molecule is Br.COc1ccc(C2=NOP(c3ccccc3)(c3ccccc3)(c3ccccc3)C2)cc1. The molecular formula is C27H25BrNO2P. The van der Waals surface area contributed by atoms with E-state index in [1.165, 1.54) is 15.9 Å². The normalized spacial score (nSPS) is 17.0. The molecule has 0 N–H and O–H groups in total. The van der Waals surface area contributed by atoms with Gasteiger partial charge in [-0.15, -0.1) is 17.0 Å². The molecule has 0 atom stereocenters. The second kappa shape index (κ2) is 8.90. The van der Waals surface area contributed by atoms with Crippen molar-refractivity contribution >= 4 is 45.4 Å². The molecule has 1 aliphatic rings. The van der Waals surface area contributed by atoms with Gasteiger partial charge in [0.05, 0.1) is 0 Å². The van der Waals surface area contributed by atoms with Gasteiger partial charge in [0.15, 0.2) is 0 Å². The molecule has 0 aliphatic carbocycles. The van der Waals surface area contributed by atoms with Crippen molar-refractivity contribution in [2.75, 3.05) is 13.3 Å². The molecule has 0 amide bonds. The summed E-state index contributed by atoms with van der Waals surface area (Å²) in [5.74, 6) is 0.829. The molecule has 0 aromatic heterocycles. The van der Waals surface area contributed by atoms with Crippen LogP contribution in [0.15, 0.2) is 120 Å². The summed E-state index contributed by atoms with van der Waals surface area (Å²) in [5, 5.41) is 8.29. The number of hydrogen-bond donors (Lipinski definition) is 0. The molecular weight excluding hydrogens is 481 g/mol. The molecule has 0 radical (unpaired) electrons. The van der Waals surface area contributed by atoms with Gasteiger partial charge in [-0.05, 0) is 0 Å². The maximum atomic E-state index is 6.80. The average molecular weight is 506 g/mol. The molecule has 0 saturated heterocycles. The van der Waals surface area contributed by atoms with E-state index < -0.39 is 6.83 Å². The maximum absolute atomic E-state index is 6.80. The number of nitrogens with zero attached hydrogens (tertiary/aromatic N) is 1. The quantitative estimate of drug-likeness (QED) is 0.337. The standard InChI is InChI=1S/C27H24NO2P.BrH/c1-29-23-19-17-22(18-20-23)27-21-31(30-28-27,24-11-5-2-6-12-24,25-13-7-3-8-14-25)26-15-9-4-10-16-26;/h2-20H,21H2,1H3;1H. The zero-order valence-electron chi connectivity index (χ0n) is 17.8. The molecule has 5 rings (SSSR count). The van der Waals surface area contributed by atoms with Crippen molar-refractivity contribution in [2.45, 2.75) is 0 Å². The van der Waals surface area contributed by atoms with Crippen LogP contribution < -0.4 is 20.7 Å². The van der Waals surface area contributed by atoms with Gasteiger partial charge in [-0.1, -0.05) is 0 Å². The molecule has 32 heavy (non-hydrogen) atoms. The molecule has 0 unspecified atom stereocenters. The summed E-state index contributed by atoms with van der Waals surface area (Å²) in [6.07, 6.45) is 0.704. The molecule has 3 nitrogen and oxygen atoms in total. The summed E-state index contributed by atoms with van der Waals surface area (Å²) >= 11 is 0. The van der Waals surface area contributed by atoms with E-state index in [4.69, 9.17) is 14.5 Å². The fraction of sp³-hybridized carbons (Fsp3) is 0.0741. The Balaban J connectivity index is 0.00000245. The molecule has 4 aromatic rings. The second-order valence-electron chi connectivity index (χ2n) is 7.73. The van der Waals surface area contributed by atoms with Gasteiger partial charge in [0.1, 0.15) is 0 Å². The van der Waals surface area contributed by atoms with E-state index in [9.17, 15) is 0 Å². The summed E-state index contributed by atoms with van der Waals surface area (Å²) in [4.78, 5) is 0. The Morgan fingerprint density at radius 2 is 1.09 bits per heavy atom. The van der Waals surface area contributed by atoms with Gasteiger partial charge in [0.25, 0.3) is 0 Å². The number of oxime groups is 1. The summed E-state index contributed by atoms with van der Waals surface area (Å²) in [5.41, 5.74) is 2.01. The van der Waals surface area contributed by atoms with Crippen molar-refractivity contribution in [3.05, 3.63) is 121 Å². The Morgan fingerprint density at radius 1 is 0.656 bits per heavy atom. The Kier molecular flexibility index (Phi) is 6.19. The van der Waals surface area contributed by atoms with Gasteiger partial charge in [-0.3, -0.25) is 0 Å². The Morgan fingerprint density at radius 3 is 1.50 bits per heavy atom. The first kappa shape index (κ1) is 22.3. The van der Waals surface area contributed by atoms with E-state index in [1.54, 1.807) is 7.11 Å². The molecule has 162 valence electrons. The molecule has 0 bridgehead atoms. The summed E-state index contributed by atoms with van der Waals surface area (Å²) < 4.78 is 12.1. The molecule has 4 aromatic carbocycles. The molecule has 1 heterocycles. The van der Waals surface area contributed by atoms with Crippen molar-refractivity contribution in [1.29, 1.82) is 0 Å². The first-order valence-corrected chi connectivity index (χ1v) is 12.7. The van der Waals surface area contributed by atoms with Gasteiger partial charge in [-0.25, -0.2) is 0 Å². The van der Waals surface area contributed by atoms with Gasteiger partial charge >= 0.3 is 183 Å². The van der Waals surface area contributed by atoms with Crippen LogP contribution in [0.4, 0.5) is 0 Å². The summed E-state index contributed by atoms with van der Waals surface area (Å²) in [7, 11) is 1.68. The second-order valence-corrected chi connectivity index (χ2v) is 12.2. The third kappa shape index (κ3) is 3.35. The summed E-state index contributed by atoms with van der Waals surface area (Å²) in [6, 6.07) is 39.8. The fourth-order valence-corrected chi connectivity index (χ4v) is 9.78. The number of methoxy groups -OCH3 is 1. The number of hydrogen-bond acceptors (Lipinski definition) is 3. The number of rotatable bonds is 5. The van der Waals surface area contributed by atoms with Crippen LogP contribution in [0.1, 0.15) is 5.56 Å². The Labute approximate surface area is 199 Å². The van der Waals surface area contributed by atoms with Crippen molar-refractivity contribution in [3.8, 4) is 5.75 Å². The van der Waals surface area contributed by atoms with Crippen molar-refractivity contribution in [2.24, 2.45) is 5.16 Å². The number of benzene rings is 4. The minimum atomic E-state index is -3.33. The van der Waals surface area contributed by atoms with Crippen LogP contribution in [0, 0.1) is 0 Å². The van der Waals surface area contributed by atoms with Crippen molar-refractivity contribution in [3.63, 3.8) is 0 Å². The van der Waals surface area contributed by atoms with Gasteiger partial charge in [-0.2, -0.15) is 0 Å². The van der Waals surface area contributed by atoms with Crippen LogP contribution in [0.5, 0.6) is 5.75 Å². The fourth-order valence-electron chi connectivity index (χ4n) is 4.50. The van der Waals surface area contributed by atoms with Crippen LogP contribution in [0.3, 0.4) is 0 Å². The predicted molar refractivity (Wildman–Crippen MR) is 141 cm³/mol. The first-order chi connectivity index (χ1) is 15.3. The van der Waals surface area contributed by atoms with Crippen molar-refractivity contribution < 1.29 is 9.36 Å². The van der Waals surface area contributed by atoms with Crippen LogP contribution in [0.25, 0.3) is 0 Å². The zero-order valence-corrected chi connectivity index (χ0v) is 20.4. The first-order valence-electron chi connectivity index (χ1n) is 10.3.